The molecule has 27 heavy (non-hydrogen) atoms. The minimum Gasteiger partial charge on any atom is -0.497 e. The summed E-state index contributed by atoms with van der Waals surface area (Å²) in [5.74, 6) is 1.34. The van der Waals surface area contributed by atoms with Gasteiger partial charge in [0.05, 0.1) is 25.2 Å². The molecule has 0 aliphatic heterocycles. The predicted octanol–water partition coefficient (Wildman–Crippen LogP) is 4.95. The smallest absolute Gasteiger partial charge is 0.239 e. The van der Waals surface area contributed by atoms with E-state index < -0.39 is 0 Å². The summed E-state index contributed by atoms with van der Waals surface area (Å²) in [4.78, 5) is 18.1. The highest BCUT2D eigenvalue weighted by Gasteiger charge is 2.17. The molecule has 140 valence electrons. The Kier molecular flexibility index (Phi) is 6.36. The Morgan fingerprint density at radius 2 is 1.93 bits per heavy atom. The van der Waals surface area contributed by atoms with Gasteiger partial charge in [0, 0.05) is 15.8 Å². The summed E-state index contributed by atoms with van der Waals surface area (Å²) in [5, 5.41) is 5.11. The number of hydrogen-bond acceptors (Lipinski definition) is 6. The Labute approximate surface area is 166 Å². The van der Waals surface area contributed by atoms with Gasteiger partial charge >= 0.3 is 0 Å². The number of carbonyl (C=O) groups is 1. The van der Waals surface area contributed by atoms with Crippen LogP contribution in [-0.4, -0.2) is 30.4 Å². The van der Waals surface area contributed by atoms with Gasteiger partial charge in [0.15, 0.2) is 5.13 Å². The fourth-order valence-electron chi connectivity index (χ4n) is 2.43. The van der Waals surface area contributed by atoms with Gasteiger partial charge in [-0.25, -0.2) is 4.98 Å². The molecule has 0 spiro atoms. The minimum absolute atomic E-state index is 0.0811. The minimum atomic E-state index is -0.230. The van der Waals surface area contributed by atoms with E-state index in [9.17, 15) is 4.79 Å². The van der Waals surface area contributed by atoms with Crippen LogP contribution in [0.1, 0.15) is 6.92 Å². The first-order valence-corrected chi connectivity index (χ1v) is 10.1. The number of ether oxygens (including phenoxy) is 2. The standard InChI is InChI=1S/C20H20N2O3S2/c1-13(27-15-7-5-4-6-8-15)19(23)22-20-21-17(12-26-20)16-11-14(24-2)9-10-18(16)25-3/h4-13H,1-3H3,(H,21,22,23). The molecule has 0 fully saturated rings. The number of rotatable bonds is 7. The average Bonchev–Trinajstić information content (AvgIpc) is 3.16. The third-order valence-corrected chi connectivity index (χ3v) is 5.71. The first-order valence-electron chi connectivity index (χ1n) is 8.31. The average molecular weight is 401 g/mol. The van der Waals surface area contributed by atoms with Crippen molar-refractivity contribution in [3.63, 3.8) is 0 Å². The molecular formula is C20H20N2O3S2. The lowest BCUT2D eigenvalue weighted by Gasteiger charge is -2.10. The molecule has 0 aliphatic rings. The Bertz CT molecular complexity index is 913. The zero-order valence-corrected chi connectivity index (χ0v) is 16.9. The number of aromatic nitrogens is 1. The molecule has 1 unspecified atom stereocenters. The fourth-order valence-corrected chi connectivity index (χ4v) is 4.03. The quantitative estimate of drug-likeness (QED) is 0.569. The molecule has 1 amide bonds. The Balaban J connectivity index is 1.72. The predicted molar refractivity (Wildman–Crippen MR) is 111 cm³/mol. The number of thioether (sulfide) groups is 1. The number of thiazole rings is 1. The molecule has 7 heteroatoms. The SMILES string of the molecule is COc1ccc(OC)c(-c2csc(NC(=O)C(C)Sc3ccccc3)n2)c1. The summed E-state index contributed by atoms with van der Waals surface area (Å²) in [6.45, 7) is 1.88. The number of anilines is 1. The second-order valence-electron chi connectivity index (χ2n) is 5.67. The third kappa shape index (κ3) is 4.81. The third-order valence-electron chi connectivity index (χ3n) is 3.84. The molecule has 0 bridgehead atoms. The van der Waals surface area contributed by atoms with E-state index in [1.54, 1.807) is 14.2 Å². The molecule has 2 aromatic carbocycles. The van der Waals surface area contributed by atoms with E-state index in [-0.39, 0.29) is 11.2 Å². The summed E-state index contributed by atoms with van der Waals surface area (Å²) in [6.07, 6.45) is 0. The molecule has 1 N–H and O–H groups in total. The van der Waals surface area contributed by atoms with Gasteiger partial charge in [-0.15, -0.1) is 23.1 Å². The van der Waals surface area contributed by atoms with Crippen molar-refractivity contribution in [2.75, 3.05) is 19.5 Å². The molecule has 0 radical (unpaired) electrons. The van der Waals surface area contributed by atoms with Crippen LogP contribution in [-0.2, 0) is 4.79 Å². The van der Waals surface area contributed by atoms with E-state index in [0.717, 1.165) is 21.9 Å². The Hall–Kier alpha value is -2.51. The van der Waals surface area contributed by atoms with E-state index in [1.165, 1.54) is 23.1 Å². The maximum absolute atomic E-state index is 12.5. The van der Waals surface area contributed by atoms with Gasteiger partial charge < -0.3 is 14.8 Å². The van der Waals surface area contributed by atoms with Crippen molar-refractivity contribution in [1.29, 1.82) is 0 Å². The van der Waals surface area contributed by atoms with Crippen LogP contribution in [0.4, 0.5) is 5.13 Å². The molecule has 0 saturated carbocycles. The van der Waals surface area contributed by atoms with E-state index >= 15 is 0 Å². The lowest BCUT2D eigenvalue weighted by molar-refractivity contribution is -0.115. The number of nitrogens with zero attached hydrogens (tertiary/aromatic N) is 1. The summed E-state index contributed by atoms with van der Waals surface area (Å²) < 4.78 is 10.7. The summed E-state index contributed by atoms with van der Waals surface area (Å²) >= 11 is 2.89. The van der Waals surface area contributed by atoms with Gasteiger partial charge in [0.1, 0.15) is 11.5 Å². The molecule has 0 aliphatic carbocycles. The number of benzene rings is 2. The molecule has 3 rings (SSSR count). The van der Waals surface area contributed by atoms with Gasteiger partial charge in [-0.3, -0.25) is 4.79 Å². The number of amides is 1. The molecule has 0 saturated heterocycles. The fraction of sp³-hybridized carbons (Fsp3) is 0.200. The number of nitrogens with one attached hydrogen (secondary N) is 1. The maximum atomic E-state index is 12.5. The van der Waals surface area contributed by atoms with Crippen molar-refractivity contribution in [2.45, 2.75) is 17.1 Å². The molecule has 5 nitrogen and oxygen atoms in total. The molecule has 1 aromatic heterocycles. The van der Waals surface area contributed by atoms with Gasteiger partial charge in [0.2, 0.25) is 5.91 Å². The molecule has 3 aromatic rings. The van der Waals surface area contributed by atoms with Crippen LogP contribution >= 0.6 is 23.1 Å². The second kappa shape index (κ2) is 8.92. The number of carbonyl (C=O) groups excluding carboxylic acids is 1. The zero-order chi connectivity index (χ0) is 19.2. The van der Waals surface area contributed by atoms with Crippen LogP contribution in [0.3, 0.4) is 0 Å². The topological polar surface area (TPSA) is 60.5 Å². The number of hydrogen-bond donors (Lipinski definition) is 1. The van der Waals surface area contributed by atoms with Crippen LogP contribution in [0, 0.1) is 0 Å². The van der Waals surface area contributed by atoms with Crippen molar-refractivity contribution in [3.8, 4) is 22.8 Å². The normalized spacial score (nSPS) is 11.7. The monoisotopic (exact) mass is 400 g/mol. The van der Waals surface area contributed by atoms with Gasteiger partial charge in [-0.1, -0.05) is 18.2 Å². The summed E-state index contributed by atoms with van der Waals surface area (Å²) in [6, 6.07) is 15.4. The van der Waals surface area contributed by atoms with Gasteiger partial charge in [-0.2, -0.15) is 0 Å². The lowest BCUT2D eigenvalue weighted by Crippen LogP contribution is -2.22. The van der Waals surface area contributed by atoms with Gasteiger partial charge in [0.25, 0.3) is 0 Å². The van der Waals surface area contributed by atoms with Crippen LogP contribution < -0.4 is 14.8 Å². The van der Waals surface area contributed by atoms with E-state index in [4.69, 9.17) is 9.47 Å². The molecular weight excluding hydrogens is 380 g/mol. The zero-order valence-electron chi connectivity index (χ0n) is 15.3. The van der Waals surface area contributed by atoms with Crippen molar-refractivity contribution in [3.05, 3.63) is 53.9 Å². The van der Waals surface area contributed by atoms with Gasteiger partial charge in [-0.05, 0) is 37.3 Å². The van der Waals surface area contributed by atoms with E-state index in [2.05, 4.69) is 10.3 Å². The molecule has 1 heterocycles. The van der Waals surface area contributed by atoms with Crippen molar-refractivity contribution >= 4 is 34.1 Å². The largest absolute Gasteiger partial charge is 0.497 e. The Morgan fingerprint density at radius 3 is 2.63 bits per heavy atom. The summed E-state index contributed by atoms with van der Waals surface area (Å²) in [7, 11) is 3.23. The Morgan fingerprint density at radius 1 is 1.15 bits per heavy atom. The second-order valence-corrected chi connectivity index (χ2v) is 7.94. The first kappa shape index (κ1) is 19.3. The lowest BCUT2D eigenvalue weighted by atomic mass is 10.1. The maximum Gasteiger partial charge on any atom is 0.239 e. The van der Waals surface area contributed by atoms with Crippen LogP contribution in [0.2, 0.25) is 0 Å². The van der Waals surface area contributed by atoms with Crippen LogP contribution in [0.15, 0.2) is 58.8 Å². The summed E-state index contributed by atoms with van der Waals surface area (Å²) in [5.41, 5.74) is 1.55. The van der Waals surface area contributed by atoms with E-state index in [1.807, 2.05) is 60.8 Å². The number of methoxy groups -OCH3 is 2. The highest BCUT2D eigenvalue weighted by Crippen LogP contribution is 2.35. The van der Waals surface area contributed by atoms with E-state index in [0.29, 0.717) is 10.9 Å². The highest BCUT2D eigenvalue weighted by atomic mass is 32.2. The molecule has 1 atom stereocenters. The van der Waals surface area contributed by atoms with Crippen molar-refractivity contribution in [1.82, 2.24) is 4.98 Å². The van der Waals surface area contributed by atoms with Crippen molar-refractivity contribution in [2.24, 2.45) is 0 Å². The first-order chi connectivity index (χ1) is 13.1. The highest BCUT2D eigenvalue weighted by molar-refractivity contribution is 8.00. The van der Waals surface area contributed by atoms with Crippen molar-refractivity contribution < 1.29 is 14.3 Å². The van der Waals surface area contributed by atoms with Crippen LogP contribution in [0.25, 0.3) is 11.3 Å². The van der Waals surface area contributed by atoms with Crippen LogP contribution in [0.5, 0.6) is 11.5 Å².